The van der Waals surface area contributed by atoms with Crippen molar-refractivity contribution in [1.82, 2.24) is 25.0 Å². The Kier molecular flexibility index (Phi) is 6.03. The van der Waals surface area contributed by atoms with E-state index >= 15 is 0 Å². The molecule has 0 saturated carbocycles. The van der Waals surface area contributed by atoms with E-state index in [4.69, 9.17) is 0 Å². The summed E-state index contributed by atoms with van der Waals surface area (Å²) >= 11 is 0. The minimum Gasteiger partial charge on any atom is -0.320 e. The lowest BCUT2D eigenvalue weighted by molar-refractivity contribution is 0.287. The first kappa shape index (κ1) is 13.1. The fourth-order valence-electron chi connectivity index (χ4n) is 1.65. The molecule has 0 aliphatic heterocycles. The average Bonchev–Trinajstić information content (AvgIpc) is 2.69. The standard InChI is InChI=1S/C11H23N5/c1-4-7-16(5-2)8-6-12-9-11-14-13-10-15(11)3/h10,12H,4-9H2,1-3H3. The smallest absolute Gasteiger partial charge is 0.146 e. The Morgan fingerprint density at radius 1 is 1.38 bits per heavy atom. The molecular formula is C11H23N5. The van der Waals surface area contributed by atoms with Gasteiger partial charge in [0, 0.05) is 20.1 Å². The Morgan fingerprint density at radius 3 is 2.75 bits per heavy atom. The zero-order chi connectivity index (χ0) is 11.8. The second-order valence-electron chi connectivity index (χ2n) is 3.97. The molecule has 16 heavy (non-hydrogen) atoms. The van der Waals surface area contributed by atoms with Gasteiger partial charge in [0.1, 0.15) is 12.2 Å². The van der Waals surface area contributed by atoms with Gasteiger partial charge in [-0.3, -0.25) is 0 Å². The predicted molar refractivity (Wildman–Crippen MR) is 65.1 cm³/mol. The summed E-state index contributed by atoms with van der Waals surface area (Å²) in [4.78, 5) is 2.45. The third kappa shape index (κ3) is 4.28. The van der Waals surface area contributed by atoms with Crippen LogP contribution in [0.1, 0.15) is 26.1 Å². The summed E-state index contributed by atoms with van der Waals surface area (Å²) in [5.41, 5.74) is 0. The highest BCUT2D eigenvalue weighted by atomic mass is 15.3. The van der Waals surface area contributed by atoms with Gasteiger partial charge in [-0.05, 0) is 19.5 Å². The minimum absolute atomic E-state index is 0.792. The number of hydrogen-bond acceptors (Lipinski definition) is 4. The van der Waals surface area contributed by atoms with Crippen molar-refractivity contribution >= 4 is 0 Å². The van der Waals surface area contributed by atoms with Crippen molar-refractivity contribution in [2.75, 3.05) is 26.2 Å². The van der Waals surface area contributed by atoms with E-state index in [2.05, 4.69) is 34.3 Å². The maximum Gasteiger partial charge on any atom is 0.146 e. The van der Waals surface area contributed by atoms with Crippen LogP contribution in [-0.2, 0) is 13.6 Å². The molecule has 0 spiro atoms. The highest BCUT2D eigenvalue weighted by Gasteiger charge is 2.01. The van der Waals surface area contributed by atoms with Crippen LogP contribution in [0.25, 0.3) is 0 Å². The van der Waals surface area contributed by atoms with Crippen LogP contribution in [0.3, 0.4) is 0 Å². The normalized spacial score (nSPS) is 11.2. The maximum absolute atomic E-state index is 4.03. The van der Waals surface area contributed by atoms with Crippen LogP contribution in [0, 0.1) is 0 Å². The van der Waals surface area contributed by atoms with Gasteiger partial charge in [0.2, 0.25) is 0 Å². The molecule has 92 valence electrons. The number of nitrogens with zero attached hydrogens (tertiary/aromatic N) is 4. The van der Waals surface area contributed by atoms with Crippen molar-refractivity contribution in [3.05, 3.63) is 12.2 Å². The van der Waals surface area contributed by atoms with Gasteiger partial charge in [-0.2, -0.15) is 0 Å². The molecule has 0 aromatic carbocycles. The van der Waals surface area contributed by atoms with E-state index in [1.807, 2.05) is 11.6 Å². The van der Waals surface area contributed by atoms with Crippen LogP contribution in [0.15, 0.2) is 6.33 Å². The second-order valence-corrected chi connectivity index (χ2v) is 3.97. The molecule has 0 atom stereocenters. The van der Waals surface area contributed by atoms with E-state index in [1.54, 1.807) is 6.33 Å². The molecule has 0 aliphatic carbocycles. The quantitative estimate of drug-likeness (QED) is 0.659. The van der Waals surface area contributed by atoms with Gasteiger partial charge < -0.3 is 14.8 Å². The molecule has 1 aromatic rings. The first-order chi connectivity index (χ1) is 7.77. The van der Waals surface area contributed by atoms with Crippen molar-refractivity contribution in [1.29, 1.82) is 0 Å². The summed E-state index contributed by atoms with van der Waals surface area (Å²) in [5.74, 6) is 0.985. The first-order valence-electron chi connectivity index (χ1n) is 6.03. The van der Waals surface area contributed by atoms with Crippen LogP contribution in [0.2, 0.25) is 0 Å². The number of likely N-dealkylation sites (N-methyl/N-ethyl adjacent to an activating group) is 1. The second kappa shape index (κ2) is 7.35. The molecule has 1 N–H and O–H groups in total. The van der Waals surface area contributed by atoms with Crippen LogP contribution in [0.5, 0.6) is 0 Å². The van der Waals surface area contributed by atoms with Gasteiger partial charge in [0.25, 0.3) is 0 Å². The zero-order valence-electron chi connectivity index (χ0n) is 10.6. The Morgan fingerprint density at radius 2 is 2.19 bits per heavy atom. The molecule has 1 aromatic heterocycles. The van der Waals surface area contributed by atoms with Crippen molar-refractivity contribution in [3.63, 3.8) is 0 Å². The average molecular weight is 225 g/mol. The minimum atomic E-state index is 0.792. The number of aryl methyl sites for hydroxylation is 1. The van der Waals surface area contributed by atoms with Crippen LogP contribution in [0.4, 0.5) is 0 Å². The highest BCUT2D eigenvalue weighted by Crippen LogP contribution is 1.91. The van der Waals surface area contributed by atoms with Crippen molar-refractivity contribution in [2.24, 2.45) is 7.05 Å². The van der Waals surface area contributed by atoms with Crippen LogP contribution >= 0.6 is 0 Å². The SMILES string of the molecule is CCCN(CC)CCNCc1nncn1C. The lowest BCUT2D eigenvalue weighted by Crippen LogP contribution is -2.32. The summed E-state index contributed by atoms with van der Waals surface area (Å²) in [6, 6.07) is 0. The fraction of sp³-hybridized carbons (Fsp3) is 0.818. The molecule has 0 radical (unpaired) electrons. The van der Waals surface area contributed by atoms with E-state index in [-0.39, 0.29) is 0 Å². The monoisotopic (exact) mass is 225 g/mol. The lowest BCUT2D eigenvalue weighted by atomic mass is 10.4. The molecule has 5 nitrogen and oxygen atoms in total. The predicted octanol–water partition coefficient (Wildman–Crippen LogP) is 0.637. The first-order valence-corrected chi connectivity index (χ1v) is 6.03. The molecule has 0 saturated heterocycles. The molecule has 0 fully saturated rings. The van der Waals surface area contributed by atoms with Gasteiger partial charge in [0.05, 0.1) is 6.54 Å². The molecule has 0 aliphatic rings. The molecular weight excluding hydrogens is 202 g/mol. The third-order valence-corrected chi connectivity index (χ3v) is 2.68. The number of aromatic nitrogens is 3. The van der Waals surface area contributed by atoms with Crippen molar-refractivity contribution in [2.45, 2.75) is 26.8 Å². The topological polar surface area (TPSA) is 46.0 Å². The maximum atomic E-state index is 4.03. The van der Waals surface area contributed by atoms with Gasteiger partial charge in [0.15, 0.2) is 0 Å². The van der Waals surface area contributed by atoms with Gasteiger partial charge >= 0.3 is 0 Å². The zero-order valence-corrected chi connectivity index (χ0v) is 10.6. The number of nitrogens with one attached hydrogen (secondary N) is 1. The number of hydrogen-bond donors (Lipinski definition) is 1. The molecule has 1 heterocycles. The summed E-state index contributed by atoms with van der Waals surface area (Å²) in [7, 11) is 1.96. The van der Waals surface area contributed by atoms with Crippen molar-refractivity contribution in [3.8, 4) is 0 Å². The Hall–Kier alpha value is -0.940. The summed E-state index contributed by atoms with van der Waals surface area (Å²) in [6.45, 7) is 9.62. The molecule has 5 heteroatoms. The van der Waals surface area contributed by atoms with E-state index < -0.39 is 0 Å². The Bertz CT molecular complexity index is 284. The lowest BCUT2D eigenvalue weighted by Gasteiger charge is -2.19. The number of rotatable bonds is 8. The molecule has 0 amide bonds. The molecule has 1 rings (SSSR count). The summed E-state index contributed by atoms with van der Waals surface area (Å²) < 4.78 is 1.94. The van der Waals surface area contributed by atoms with Crippen molar-refractivity contribution < 1.29 is 0 Å². The van der Waals surface area contributed by atoms with Gasteiger partial charge in [-0.15, -0.1) is 10.2 Å². The van der Waals surface area contributed by atoms with E-state index in [0.717, 1.165) is 32.0 Å². The fourth-order valence-corrected chi connectivity index (χ4v) is 1.65. The third-order valence-electron chi connectivity index (χ3n) is 2.68. The van der Waals surface area contributed by atoms with E-state index in [9.17, 15) is 0 Å². The summed E-state index contributed by atoms with van der Waals surface area (Å²) in [6.07, 6.45) is 2.95. The van der Waals surface area contributed by atoms with Gasteiger partial charge in [-0.1, -0.05) is 13.8 Å². The van der Waals surface area contributed by atoms with E-state index in [0.29, 0.717) is 0 Å². The van der Waals surface area contributed by atoms with Crippen LogP contribution < -0.4 is 5.32 Å². The van der Waals surface area contributed by atoms with E-state index in [1.165, 1.54) is 13.0 Å². The van der Waals surface area contributed by atoms with Gasteiger partial charge in [-0.25, -0.2) is 0 Å². The molecule has 0 unspecified atom stereocenters. The summed E-state index contributed by atoms with van der Waals surface area (Å²) in [5, 5.41) is 11.3. The highest BCUT2D eigenvalue weighted by molar-refractivity contribution is 4.82. The Balaban J connectivity index is 2.14. The largest absolute Gasteiger partial charge is 0.320 e. The van der Waals surface area contributed by atoms with Crippen LogP contribution in [-0.4, -0.2) is 45.8 Å². The Labute approximate surface area is 97.9 Å². The molecule has 0 bridgehead atoms.